The topological polar surface area (TPSA) is 112 Å². The van der Waals surface area contributed by atoms with Crippen molar-refractivity contribution in [3.8, 4) is 11.8 Å². The molecule has 0 bridgehead atoms. The number of ether oxygens (including phenoxy) is 1. The fourth-order valence-corrected chi connectivity index (χ4v) is 3.96. The molecule has 1 amide bonds. The Bertz CT molecular complexity index is 1350. The van der Waals surface area contributed by atoms with Gasteiger partial charge >= 0.3 is 0 Å². The highest BCUT2D eigenvalue weighted by Gasteiger charge is 2.32. The predicted molar refractivity (Wildman–Crippen MR) is 123 cm³/mol. The summed E-state index contributed by atoms with van der Waals surface area (Å²) in [4.78, 5) is 40.6. The number of anilines is 1. The van der Waals surface area contributed by atoms with E-state index in [1.165, 1.54) is 6.07 Å². The van der Waals surface area contributed by atoms with Crippen LogP contribution in [0.5, 0.6) is 5.75 Å². The van der Waals surface area contributed by atoms with Crippen LogP contribution in [-0.2, 0) is 13.0 Å². The van der Waals surface area contributed by atoms with Crippen molar-refractivity contribution >= 4 is 17.4 Å². The number of carbonyl (C=O) groups is 2. The van der Waals surface area contributed by atoms with E-state index in [1.54, 1.807) is 42.5 Å². The molecule has 4 rings (SSSR count). The first-order valence-electron chi connectivity index (χ1n) is 10.6. The number of pyridine rings is 1. The molecule has 33 heavy (non-hydrogen) atoms. The summed E-state index contributed by atoms with van der Waals surface area (Å²) < 4.78 is 5.78. The molecule has 0 saturated carbocycles. The van der Waals surface area contributed by atoms with Crippen molar-refractivity contribution in [2.24, 2.45) is 5.41 Å². The Balaban J connectivity index is 1.49. The molecule has 7 nitrogen and oxygen atoms in total. The number of benzene rings is 2. The molecule has 3 aromatic rings. The maximum absolute atomic E-state index is 12.8. The Morgan fingerprint density at radius 2 is 1.91 bits per heavy atom. The maximum atomic E-state index is 12.8. The number of H-pyrrole nitrogens is 1. The minimum Gasteiger partial charge on any atom is -0.489 e. The summed E-state index contributed by atoms with van der Waals surface area (Å²) >= 11 is 0. The van der Waals surface area contributed by atoms with Gasteiger partial charge in [-0.3, -0.25) is 14.4 Å². The molecule has 2 N–H and O–H groups in total. The molecule has 0 atom stereocenters. The van der Waals surface area contributed by atoms with E-state index in [2.05, 4.69) is 16.4 Å². The molecule has 0 spiro atoms. The number of nitrogens with zero attached hydrogens (tertiary/aromatic N) is 1. The van der Waals surface area contributed by atoms with Crippen LogP contribution in [-0.4, -0.2) is 16.7 Å². The zero-order valence-corrected chi connectivity index (χ0v) is 18.4. The molecule has 0 unspecified atom stereocenters. The van der Waals surface area contributed by atoms with Crippen molar-refractivity contribution in [3.05, 3.63) is 92.9 Å². The molecule has 1 aromatic heterocycles. The third-order valence-electron chi connectivity index (χ3n) is 5.52. The number of Topliss-reactive ketones (excluding diaryl/α,β-unsaturated/α-hetero) is 1. The monoisotopic (exact) mass is 441 g/mol. The van der Waals surface area contributed by atoms with Gasteiger partial charge in [-0.05, 0) is 47.7 Å². The van der Waals surface area contributed by atoms with Crippen LogP contribution >= 0.6 is 0 Å². The summed E-state index contributed by atoms with van der Waals surface area (Å²) in [5, 5.41) is 11.7. The quantitative estimate of drug-likeness (QED) is 0.615. The Morgan fingerprint density at radius 1 is 1.12 bits per heavy atom. The van der Waals surface area contributed by atoms with Gasteiger partial charge in [-0.25, -0.2) is 0 Å². The minimum atomic E-state index is -0.601. The average Bonchev–Trinajstić information content (AvgIpc) is 2.77. The Labute approximate surface area is 191 Å². The first-order valence-corrected chi connectivity index (χ1v) is 10.6. The number of nitrogens with one attached hydrogen (secondary N) is 2. The summed E-state index contributed by atoms with van der Waals surface area (Å²) in [6, 6.07) is 17.4. The lowest BCUT2D eigenvalue weighted by atomic mass is 9.75. The van der Waals surface area contributed by atoms with E-state index in [0.717, 1.165) is 5.56 Å². The van der Waals surface area contributed by atoms with Crippen LogP contribution in [0.25, 0.3) is 0 Å². The van der Waals surface area contributed by atoms with Gasteiger partial charge in [0, 0.05) is 29.4 Å². The fourth-order valence-electron chi connectivity index (χ4n) is 3.96. The van der Waals surface area contributed by atoms with Crippen molar-refractivity contribution in [2.75, 3.05) is 5.32 Å². The van der Waals surface area contributed by atoms with Gasteiger partial charge < -0.3 is 15.0 Å². The highest BCUT2D eigenvalue weighted by Crippen LogP contribution is 2.33. The van der Waals surface area contributed by atoms with Crippen LogP contribution in [0.3, 0.4) is 0 Å². The molecule has 0 aliphatic heterocycles. The molecule has 7 heteroatoms. The second kappa shape index (κ2) is 8.75. The Hall–Kier alpha value is -4.18. The van der Waals surface area contributed by atoms with Gasteiger partial charge in [0.25, 0.3) is 11.5 Å². The first-order chi connectivity index (χ1) is 15.7. The summed E-state index contributed by atoms with van der Waals surface area (Å²) in [6.07, 6.45) is 0.936. The van der Waals surface area contributed by atoms with Gasteiger partial charge in [0.2, 0.25) is 0 Å². The summed E-state index contributed by atoms with van der Waals surface area (Å²) in [5.41, 5.74) is 1.96. The average molecular weight is 441 g/mol. The van der Waals surface area contributed by atoms with Crippen molar-refractivity contribution < 1.29 is 14.3 Å². The highest BCUT2D eigenvalue weighted by molar-refractivity contribution is 6.06. The van der Waals surface area contributed by atoms with Crippen LogP contribution in [0.15, 0.2) is 59.4 Å². The van der Waals surface area contributed by atoms with E-state index >= 15 is 0 Å². The van der Waals surface area contributed by atoms with Gasteiger partial charge in [-0.1, -0.05) is 32.0 Å². The largest absolute Gasteiger partial charge is 0.489 e. The van der Waals surface area contributed by atoms with Crippen LogP contribution < -0.4 is 15.6 Å². The van der Waals surface area contributed by atoms with Crippen molar-refractivity contribution in [1.29, 1.82) is 5.26 Å². The lowest BCUT2D eigenvalue weighted by Gasteiger charge is -2.29. The number of aromatic amines is 1. The number of amides is 1. The van der Waals surface area contributed by atoms with Crippen LogP contribution in [0.2, 0.25) is 0 Å². The molecule has 0 radical (unpaired) electrons. The summed E-state index contributed by atoms with van der Waals surface area (Å²) in [5.74, 6) is -0.162. The minimum absolute atomic E-state index is 0.0811. The lowest BCUT2D eigenvalue weighted by Crippen LogP contribution is -2.32. The van der Waals surface area contributed by atoms with Crippen molar-refractivity contribution in [3.63, 3.8) is 0 Å². The second-order valence-corrected chi connectivity index (χ2v) is 8.93. The Kier molecular flexibility index (Phi) is 5.84. The second-order valence-electron chi connectivity index (χ2n) is 8.93. The van der Waals surface area contributed by atoms with E-state index in [4.69, 9.17) is 10.00 Å². The first kappa shape index (κ1) is 22.0. The highest BCUT2D eigenvalue weighted by atomic mass is 16.5. The predicted octanol–water partition coefficient (Wildman–Crippen LogP) is 4.23. The molecule has 1 aliphatic rings. The van der Waals surface area contributed by atoms with Crippen LogP contribution in [0.4, 0.5) is 5.69 Å². The standard InChI is InChI=1S/C26H23N3O4/c1-26(2)12-22-20(23(30)13-26)11-21(25(32)29-22)24(31)28-18-7-4-8-19(10-18)33-15-17-6-3-5-16(9-17)14-27/h3-11H,12-13,15H2,1-2H3,(H,28,31)(H,29,32). The molecule has 1 aliphatic carbocycles. The SMILES string of the molecule is CC1(C)CC(=O)c2cc(C(=O)Nc3cccc(OCc4cccc(C#N)c4)c3)c(=O)[nH]c2C1. The van der Waals surface area contributed by atoms with Gasteiger partial charge in [0.05, 0.1) is 11.6 Å². The summed E-state index contributed by atoms with van der Waals surface area (Å²) in [6.45, 7) is 4.21. The fraction of sp³-hybridized carbons (Fsp3) is 0.231. The van der Waals surface area contributed by atoms with Crippen molar-refractivity contribution in [2.45, 2.75) is 33.3 Å². The number of fused-ring (bicyclic) bond motifs is 1. The third kappa shape index (κ3) is 5.01. The third-order valence-corrected chi connectivity index (χ3v) is 5.52. The number of aromatic nitrogens is 1. The number of nitriles is 1. The smallest absolute Gasteiger partial charge is 0.261 e. The molecule has 0 saturated heterocycles. The van der Waals surface area contributed by atoms with E-state index in [0.29, 0.717) is 41.1 Å². The summed E-state index contributed by atoms with van der Waals surface area (Å²) in [7, 11) is 0. The van der Waals surface area contributed by atoms with Gasteiger partial charge in [0.15, 0.2) is 5.78 Å². The molecular weight excluding hydrogens is 418 g/mol. The molecule has 1 heterocycles. The van der Waals surface area contributed by atoms with Gasteiger partial charge in [-0.2, -0.15) is 5.26 Å². The van der Waals surface area contributed by atoms with E-state index in [1.807, 2.05) is 19.9 Å². The molecule has 2 aromatic carbocycles. The number of ketones is 1. The zero-order valence-electron chi connectivity index (χ0n) is 18.4. The van der Waals surface area contributed by atoms with Crippen LogP contribution in [0.1, 0.15) is 57.8 Å². The van der Waals surface area contributed by atoms with Crippen molar-refractivity contribution in [1.82, 2.24) is 4.98 Å². The van der Waals surface area contributed by atoms with Crippen LogP contribution in [0, 0.1) is 16.7 Å². The van der Waals surface area contributed by atoms with E-state index in [9.17, 15) is 14.4 Å². The molecule has 166 valence electrons. The maximum Gasteiger partial charge on any atom is 0.261 e. The van der Waals surface area contributed by atoms with E-state index in [-0.39, 0.29) is 23.4 Å². The Morgan fingerprint density at radius 3 is 2.70 bits per heavy atom. The number of carbonyl (C=O) groups excluding carboxylic acids is 2. The lowest BCUT2D eigenvalue weighted by molar-refractivity contribution is 0.0910. The molecular formula is C26H23N3O4. The zero-order chi connectivity index (χ0) is 23.6. The number of hydrogen-bond donors (Lipinski definition) is 2. The number of rotatable bonds is 5. The molecule has 0 fully saturated rings. The van der Waals surface area contributed by atoms with Gasteiger partial charge in [-0.15, -0.1) is 0 Å². The normalized spacial score (nSPS) is 14.2. The number of hydrogen-bond acceptors (Lipinski definition) is 5. The van der Waals surface area contributed by atoms with E-state index < -0.39 is 11.5 Å². The van der Waals surface area contributed by atoms with Gasteiger partial charge in [0.1, 0.15) is 17.9 Å².